The average Bonchev–Trinajstić information content (AvgIpc) is 2.96. The zero-order valence-corrected chi connectivity index (χ0v) is 10.5. The molecule has 1 aromatic rings. The summed E-state index contributed by atoms with van der Waals surface area (Å²) in [5, 5.41) is 18.4. The Balaban J connectivity index is 1.90. The van der Waals surface area contributed by atoms with Gasteiger partial charge in [0.25, 0.3) is 0 Å². The fourth-order valence-corrected chi connectivity index (χ4v) is 3.51. The lowest BCUT2D eigenvalue weighted by Crippen LogP contribution is -2.35. The van der Waals surface area contributed by atoms with E-state index in [0.717, 1.165) is 31.5 Å². The van der Waals surface area contributed by atoms with E-state index in [-0.39, 0.29) is 5.92 Å². The van der Waals surface area contributed by atoms with Gasteiger partial charge in [-0.15, -0.1) is 0 Å². The Bertz CT molecular complexity index is 566. The van der Waals surface area contributed by atoms with Crippen molar-refractivity contribution in [1.29, 1.82) is 5.26 Å². The van der Waals surface area contributed by atoms with Gasteiger partial charge in [0.1, 0.15) is 11.8 Å². The third kappa shape index (κ3) is 1.75. The van der Waals surface area contributed by atoms with E-state index in [1.54, 1.807) is 12.3 Å². The minimum absolute atomic E-state index is 0.226. The van der Waals surface area contributed by atoms with Crippen molar-refractivity contribution in [2.24, 2.45) is 11.3 Å². The minimum Gasteiger partial charge on any atom is -0.481 e. The number of carbonyl (C=O) groups is 1. The largest absolute Gasteiger partial charge is 0.481 e. The summed E-state index contributed by atoms with van der Waals surface area (Å²) in [7, 11) is 0. The second-order valence-corrected chi connectivity index (χ2v) is 5.44. The number of aliphatic carboxylic acids is 1. The molecule has 2 aliphatic rings. The number of hydrogen-bond acceptors (Lipinski definition) is 4. The first-order valence-electron chi connectivity index (χ1n) is 6.50. The predicted molar refractivity (Wildman–Crippen MR) is 68.6 cm³/mol. The summed E-state index contributed by atoms with van der Waals surface area (Å²) in [5.41, 5.74) is 0.691. The van der Waals surface area contributed by atoms with Crippen LogP contribution in [0, 0.1) is 22.7 Å². The van der Waals surface area contributed by atoms with E-state index >= 15 is 0 Å². The number of nitriles is 1. The van der Waals surface area contributed by atoms with Gasteiger partial charge in [0.2, 0.25) is 0 Å². The zero-order chi connectivity index (χ0) is 13.5. The third-order valence-electron chi connectivity index (χ3n) is 4.52. The van der Waals surface area contributed by atoms with Crippen molar-refractivity contribution in [3.63, 3.8) is 0 Å². The Morgan fingerprint density at radius 3 is 3.16 bits per heavy atom. The Kier molecular flexibility index (Phi) is 2.67. The van der Waals surface area contributed by atoms with E-state index in [0.29, 0.717) is 12.2 Å². The Labute approximate surface area is 111 Å². The van der Waals surface area contributed by atoms with E-state index in [4.69, 9.17) is 5.26 Å². The van der Waals surface area contributed by atoms with Gasteiger partial charge in [0.15, 0.2) is 0 Å². The summed E-state index contributed by atoms with van der Waals surface area (Å²) >= 11 is 0. The fraction of sp³-hybridized carbons (Fsp3) is 0.500. The van der Waals surface area contributed by atoms with Crippen molar-refractivity contribution in [3.05, 3.63) is 24.0 Å². The lowest BCUT2D eigenvalue weighted by Gasteiger charge is -2.24. The third-order valence-corrected chi connectivity index (χ3v) is 4.52. The molecule has 1 aliphatic carbocycles. The molecule has 1 saturated heterocycles. The highest BCUT2D eigenvalue weighted by Crippen LogP contribution is 2.49. The zero-order valence-electron chi connectivity index (χ0n) is 10.5. The number of carboxylic acid groups (broad SMARTS) is 1. The van der Waals surface area contributed by atoms with Crippen molar-refractivity contribution in [2.45, 2.75) is 19.3 Å². The predicted octanol–water partition coefficient (Wildman–Crippen LogP) is 1.64. The molecule has 0 radical (unpaired) electrons. The van der Waals surface area contributed by atoms with Crippen LogP contribution in [0.1, 0.15) is 25.0 Å². The first-order chi connectivity index (χ1) is 9.15. The van der Waals surface area contributed by atoms with Gasteiger partial charge in [-0.25, -0.2) is 4.98 Å². The maximum absolute atomic E-state index is 11.6. The Morgan fingerprint density at radius 1 is 1.63 bits per heavy atom. The number of aromatic nitrogens is 1. The molecule has 2 fully saturated rings. The molecule has 98 valence electrons. The van der Waals surface area contributed by atoms with Crippen LogP contribution in [0.2, 0.25) is 0 Å². The van der Waals surface area contributed by atoms with Crippen molar-refractivity contribution in [2.75, 3.05) is 18.0 Å². The van der Waals surface area contributed by atoms with E-state index < -0.39 is 11.4 Å². The molecule has 1 aliphatic heterocycles. The summed E-state index contributed by atoms with van der Waals surface area (Å²) < 4.78 is 0. The molecule has 1 saturated carbocycles. The van der Waals surface area contributed by atoms with Gasteiger partial charge in [-0.05, 0) is 30.9 Å². The van der Waals surface area contributed by atoms with Crippen LogP contribution in [0.5, 0.6) is 0 Å². The molecular weight excluding hydrogens is 242 g/mol. The lowest BCUT2D eigenvalue weighted by molar-refractivity contribution is -0.149. The van der Waals surface area contributed by atoms with Crippen LogP contribution in [-0.2, 0) is 4.79 Å². The molecule has 0 bridgehead atoms. The van der Waals surface area contributed by atoms with Crippen LogP contribution in [0.15, 0.2) is 18.3 Å². The molecule has 0 unspecified atom stereocenters. The smallest absolute Gasteiger partial charge is 0.311 e. The molecule has 0 aromatic carbocycles. The van der Waals surface area contributed by atoms with Crippen molar-refractivity contribution in [3.8, 4) is 6.07 Å². The number of carboxylic acids is 1. The molecule has 3 rings (SSSR count). The van der Waals surface area contributed by atoms with E-state index in [2.05, 4.69) is 9.88 Å². The normalized spacial score (nSPS) is 29.0. The van der Waals surface area contributed by atoms with Crippen LogP contribution in [-0.4, -0.2) is 29.1 Å². The average molecular weight is 257 g/mol. The fourth-order valence-electron chi connectivity index (χ4n) is 3.51. The van der Waals surface area contributed by atoms with Gasteiger partial charge in [0, 0.05) is 25.0 Å². The maximum atomic E-state index is 11.6. The van der Waals surface area contributed by atoms with Gasteiger partial charge in [0.05, 0.1) is 5.41 Å². The van der Waals surface area contributed by atoms with Crippen molar-refractivity contribution < 1.29 is 9.90 Å². The molecule has 1 N–H and O–H groups in total. The molecule has 5 heteroatoms. The minimum atomic E-state index is -0.674. The quantitative estimate of drug-likeness (QED) is 0.871. The molecule has 0 spiro atoms. The molecule has 2 atom stereocenters. The van der Waals surface area contributed by atoms with E-state index in [1.165, 1.54) is 0 Å². The number of nitrogens with zero attached hydrogens (tertiary/aromatic N) is 3. The lowest BCUT2D eigenvalue weighted by atomic mass is 9.81. The summed E-state index contributed by atoms with van der Waals surface area (Å²) in [5.74, 6) is -0.448. The molecular formula is C14H15N3O2. The van der Waals surface area contributed by atoms with Gasteiger partial charge in [-0.2, -0.15) is 5.26 Å². The van der Waals surface area contributed by atoms with Crippen LogP contribution in [0.25, 0.3) is 0 Å². The highest BCUT2D eigenvalue weighted by atomic mass is 16.4. The number of hydrogen-bond donors (Lipinski definition) is 1. The summed E-state index contributed by atoms with van der Waals surface area (Å²) in [4.78, 5) is 17.6. The Morgan fingerprint density at radius 2 is 2.47 bits per heavy atom. The second kappa shape index (κ2) is 4.23. The first-order valence-corrected chi connectivity index (χ1v) is 6.50. The van der Waals surface area contributed by atoms with Gasteiger partial charge < -0.3 is 10.0 Å². The van der Waals surface area contributed by atoms with Crippen LogP contribution in [0.3, 0.4) is 0 Å². The van der Waals surface area contributed by atoms with Crippen molar-refractivity contribution >= 4 is 11.7 Å². The molecule has 2 heterocycles. The number of pyridine rings is 1. The molecule has 0 amide bonds. The maximum Gasteiger partial charge on any atom is 0.311 e. The van der Waals surface area contributed by atoms with Gasteiger partial charge >= 0.3 is 5.97 Å². The monoisotopic (exact) mass is 257 g/mol. The SMILES string of the molecule is N#Cc1cc(N2C[C@@H]3CCC[C@@]3(C(=O)O)C2)ccn1. The first kappa shape index (κ1) is 12.0. The number of rotatable bonds is 2. The molecule has 1 aromatic heterocycles. The van der Waals surface area contributed by atoms with Crippen LogP contribution < -0.4 is 4.90 Å². The molecule has 19 heavy (non-hydrogen) atoms. The summed E-state index contributed by atoms with van der Waals surface area (Å²) in [6.45, 7) is 1.31. The second-order valence-electron chi connectivity index (χ2n) is 5.44. The summed E-state index contributed by atoms with van der Waals surface area (Å²) in [6, 6.07) is 5.60. The molecule has 5 nitrogen and oxygen atoms in total. The van der Waals surface area contributed by atoms with Crippen molar-refractivity contribution in [1.82, 2.24) is 4.98 Å². The Hall–Kier alpha value is -2.09. The van der Waals surface area contributed by atoms with E-state index in [1.807, 2.05) is 12.1 Å². The topological polar surface area (TPSA) is 77.2 Å². The van der Waals surface area contributed by atoms with Gasteiger partial charge in [-0.1, -0.05) is 6.42 Å². The van der Waals surface area contributed by atoms with Crippen LogP contribution in [0.4, 0.5) is 5.69 Å². The standard InChI is InChI=1S/C14H15N3O2/c15-7-11-6-12(3-5-16-11)17-8-10-2-1-4-14(10,9-17)13(18)19/h3,5-6,10H,1-2,4,8-9H2,(H,18,19)/t10-,14+/m0/s1. The summed E-state index contributed by atoms with van der Waals surface area (Å²) in [6.07, 6.45) is 4.36. The van der Waals surface area contributed by atoms with Gasteiger partial charge in [-0.3, -0.25) is 4.79 Å². The van der Waals surface area contributed by atoms with E-state index in [9.17, 15) is 9.90 Å². The number of anilines is 1. The number of fused-ring (bicyclic) bond motifs is 1. The highest BCUT2D eigenvalue weighted by molar-refractivity contribution is 5.78. The van der Waals surface area contributed by atoms with Crippen LogP contribution >= 0.6 is 0 Å². The highest BCUT2D eigenvalue weighted by Gasteiger charge is 2.54.